The van der Waals surface area contributed by atoms with E-state index in [1.165, 1.54) is 0 Å². The molecule has 0 saturated heterocycles. The smallest absolute Gasteiger partial charge is 0.320 e. The first kappa shape index (κ1) is 18.8. The molecule has 0 amide bonds. The van der Waals surface area contributed by atoms with Crippen LogP contribution in [0.25, 0.3) is 0 Å². The molecule has 1 aromatic rings. The number of esters is 1. The Hall–Kier alpha value is -2.50. The number of nitrogens with two attached hydrogens (primary N) is 1. The van der Waals surface area contributed by atoms with E-state index in [-0.39, 0.29) is 11.8 Å². The molecule has 2 N–H and O–H groups in total. The average Bonchev–Trinajstić information content (AvgIpc) is 2.63. The van der Waals surface area contributed by atoms with Crippen LogP contribution < -0.4 is 10.7 Å². The van der Waals surface area contributed by atoms with Gasteiger partial charge in [-0.3, -0.25) is 4.79 Å². The molecule has 0 spiro atoms. The minimum Gasteiger partial charge on any atom is -0.478 e. The number of carbonyl (C=O) groups excluding carboxylic acids is 1. The Bertz CT molecular complexity index is 614. The van der Waals surface area contributed by atoms with E-state index in [1.54, 1.807) is 11.1 Å². The first-order valence-corrected chi connectivity index (χ1v) is 8.87. The predicted octanol–water partition coefficient (Wildman–Crippen LogP) is 3.40. The number of nitrogens with zero attached hydrogens (tertiary/aromatic N) is 2. The summed E-state index contributed by atoms with van der Waals surface area (Å²) in [6.45, 7) is 5.08. The van der Waals surface area contributed by atoms with Crippen LogP contribution in [-0.4, -0.2) is 25.0 Å². The SMILES string of the molecule is CCCCOC(=O)C1C=C(OCCCC)N(c2ccccc2)N=C1N. The normalized spacial score (nSPS) is 16.9. The van der Waals surface area contributed by atoms with Crippen molar-refractivity contribution in [3.8, 4) is 0 Å². The Balaban J connectivity index is 2.19. The van der Waals surface area contributed by atoms with Crippen molar-refractivity contribution >= 4 is 17.5 Å². The second kappa shape index (κ2) is 9.71. The molecule has 1 heterocycles. The van der Waals surface area contributed by atoms with Crippen LogP contribution >= 0.6 is 0 Å². The number of para-hydroxylation sites is 1. The van der Waals surface area contributed by atoms with Crippen molar-refractivity contribution in [3.05, 3.63) is 42.3 Å². The highest BCUT2D eigenvalue weighted by atomic mass is 16.5. The molecular formula is C19H27N3O3. The van der Waals surface area contributed by atoms with Crippen molar-refractivity contribution in [2.75, 3.05) is 18.2 Å². The topological polar surface area (TPSA) is 77.2 Å². The zero-order valence-electron chi connectivity index (χ0n) is 15.0. The van der Waals surface area contributed by atoms with Crippen molar-refractivity contribution < 1.29 is 14.3 Å². The Morgan fingerprint density at radius 3 is 2.52 bits per heavy atom. The van der Waals surface area contributed by atoms with Crippen LogP contribution in [0.4, 0.5) is 5.69 Å². The highest BCUT2D eigenvalue weighted by Gasteiger charge is 2.30. The Labute approximate surface area is 149 Å². The van der Waals surface area contributed by atoms with Crippen LogP contribution in [0.3, 0.4) is 0 Å². The molecule has 25 heavy (non-hydrogen) atoms. The molecule has 0 aliphatic carbocycles. The maximum absolute atomic E-state index is 12.3. The molecule has 0 aromatic heterocycles. The number of hydrogen-bond acceptors (Lipinski definition) is 6. The number of rotatable bonds is 9. The number of hydrazone groups is 1. The third-order valence-corrected chi connectivity index (χ3v) is 3.80. The summed E-state index contributed by atoms with van der Waals surface area (Å²) in [7, 11) is 0. The third kappa shape index (κ3) is 5.24. The van der Waals surface area contributed by atoms with E-state index in [2.05, 4.69) is 12.0 Å². The van der Waals surface area contributed by atoms with Gasteiger partial charge in [0, 0.05) is 0 Å². The van der Waals surface area contributed by atoms with Crippen LogP contribution in [0.15, 0.2) is 47.4 Å². The molecule has 1 unspecified atom stereocenters. The van der Waals surface area contributed by atoms with Crippen molar-refractivity contribution in [2.45, 2.75) is 39.5 Å². The highest BCUT2D eigenvalue weighted by molar-refractivity contribution is 6.03. The summed E-state index contributed by atoms with van der Waals surface area (Å²) in [5.74, 6) is -0.396. The van der Waals surface area contributed by atoms with Gasteiger partial charge >= 0.3 is 5.97 Å². The minimum absolute atomic E-state index is 0.202. The fourth-order valence-electron chi connectivity index (χ4n) is 2.31. The summed E-state index contributed by atoms with van der Waals surface area (Å²) in [5, 5.41) is 6.00. The molecule has 2 rings (SSSR count). The van der Waals surface area contributed by atoms with Gasteiger partial charge in [0.25, 0.3) is 0 Å². The number of unbranched alkanes of at least 4 members (excludes halogenated alkanes) is 2. The fraction of sp³-hybridized carbons (Fsp3) is 0.474. The molecule has 6 heteroatoms. The van der Waals surface area contributed by atoms with E-state index >= 15 is 0 Å². The van der Waals surface area contributed by atoms with Crippen molar-refractivity contribution in [1.29, 1.82) is 0 Å². The van der Waals surface area contributed by atoms with Gasteiger partial charge in [-0.25, -0.2) is 0 Å². The van der Waals surface area contributed by atoms with Crippen LogP contribution in [-0.2, 0) is 14.3 Å². The molecule has 0 fully saturated rings. The molecule has 1 aromatic carbocycles. The van der Waals surface area contributed by atoms with Gasteiger partial charge in [-0.2, -0.15) is 10.1 Å². The number of ether oxygens (including phenoxy) is 2. The molecule has 1 aliphatic rings. The third-order valence-electron chi connectivity index (χ3n) is 3.80. The van der Waals surface area contributed by atoms with Crippen molar-refractivity contribution in [3.63, 3.8) is 0 Å². The van der Waals surface area contributed by atoms with Crippen LogP contribution in [0, 0.1) is 5.92 Å². The van der Waals surface area contributed by atoms with Gasteiger partial charge in [0.05, 0.1) is 18.9 Å². The van der Waals surface area contributed by atoms with Gasteiger partial charge in [-0.1, -0.05) is 44.9 Å². The number of benzene rings is 1. The van der Waals surface area contributed by atoms with Crippen molar-refractivity contribution in [2.24, 2.45) is 16.8 Å². The number of carbonyl (C=O) groups is 1. The Kier molecular flexibility index (Phi) is 7.32. The van der Waals surface area contributed by atoms with E-state index in [0.717, 1.165) is 31.4 Å². The van der Waals surface area contributed by atoms with Gasteiger partial charge in [0.2, 0.25) is 5.88 Å². The summed E-state index contributed by atoms with van der Waals surface area (Å²) in [6, 6.07) is 9.57. The Morgan fingerprint density at radius 2 is 1.84 bits per heavy atom. The van der Waals surface area contributed by atoms with E-state index in [9.17, 15) is 4.79 Å². The standard InChI is InChI=1S/C19H27N3O3/c1-3-5-12-24-17-14-16(19(23)25-13-6-4-2)18(20)21-22(17)15-10-8-7-9-11-15/h7-11,14,16H,3-6,12-13H2,1-2H3,(H2,20,21). The summed E-state index contributed by atoms with van der Waals surface area (Å²) >= 11 is 0. The summed E-state index contributed by atoms with van der Waals surface area (Å²) in [5.41, 5.74) is 6.86. The summed E-state index contributed by atoms with van der Waals surface area (Å²) in [6.07, 6.45) is 5.43. The van der Waals surface area contributed by atoms with E-state index in [4.69, 9.17) is 15.2 Å². The van der Waals surface area contributed by atoms with Crippen molar-refractivity contribution in [1.82, 2.24) is 0 Å². The highest BCUT2D eigenvalue weighted by Crippen LogP contribution is 2.26. The van der Waals surface area contributed by atoms with E-state index < -0.39 is 5.92 Å². The number of hydrogen-bond donors (Lipinski definition) is 1. The average molecular weight is 345 g/mol. The van der Waals surface area contributed by atoms with Gasteiger partial charge < -0.3 is 15.2 Å². The molecule has 0 saturated carbocycles. The molecule has 0 bridgehead atoms. The summed E-state index contributed by atoms with van der Waals surface area (Å²) in [4.78, 5) is 12.3. The zero-order valence-corrected chi connectivity index (χ0v) is 15.0. The number of anilines is 1. The zero-order chi connectivity index (χ0) is 18.1. The lowest BCUT2D eigenvalue weighted by atomic mass is 10.1. The van der Waals surface area contributed by atoms with Crippen LogP contribution in [0.1, 0.15) is 39.5 Å². The largest absolute Gasteiger partial charge is 0.478 e. The maximum Gasteiger partial charge on any atom is 0.320 e. The molecule has 0 radical (unpaired) electrons. The minimum atomic E-state index is -0.714. The molecule has 136 valence electrons. The molecule has 1 atom stereocenters. The molecular weight excluding hydrogens is 318 g/mol. The number of amidine groups is 1. The second-order valence-corrected chi connectivity index (χ2v) is 5.88. The summed E-state index contributed by atoms with van der Waals surface area (Å²) < 4.78 is 11.2. The maximum atomic E-state index is 12.3. The van der Waals surface area contributed by atoms with E-state index in [0.29, 0.717) is 19.1 Å². The Morgan fingerprint density at radius 1 is 1.16 bits per heavy atom. The first-order chi connectivity index (χ1) is 12.2. The lowest BCUT2D eigenvalue weighted by Gasteiger charge is -2.28. The second-order valence-electron chi connectivity index (χ2n) is 5.88. The monoisotopic (exact) mass is 345 g/mol. The van der Waals surface area contributed by atoms with Crippen LogP contribution in [0.2, 0.25) is 0 Å². The fourth-order valence-corrected chi connectivity index (χ4v) is 2.31. The van der Waals surface area contributed by atoms with Gasteiger partial charge in [0.1, 0.15) is 11.8 Å². The van der Waals surface area contributed by atoms with Gasteiger partial charge in [-0.15, -0.1) is 0 Å². The van der Waals surface area contributed by atoms with Crippen LogP contribution in [0.5, 0.6) is 0 Å². The molecule has 1 aliphatic heterocycles. The van der Waals surface area contributed by atoms with E-state index in [1.807, 2.05) is 37.3 Å². The first-order valence-electron chi connectivity index (χ1n) is 8.87. The quantitative estimate of drug-likeness (QED) is 0.548. The van der Waals surface area contributed by atoms with Gasteiger partial charge in [0.15, 0.2) is 0 Å². The predicted molar refractivity (Wildman–Crippen MR) is 98.8 cm³/mol. The van der Waals surface area contributed by atoms with Gasteiger partial charge in [-0.05, 0) is 31.1 Å². The lowest BCUT2D eigenvalue weighted by molar-refractivity contribution is -0.145. The molecule has 6 nitrogen and oxygen atoms in total. The lowest BCUT2D eigenvalue weighted by Crippen LogP contribution is -2.38.